The molecule has 2 aliphatic heterocycles. The molecule has 0 spiro atoms. The molecule has 2 N–H and O–H groups in total. The van der Waals surface area contributed by atoms with Crippen LogP contribution in [0.4, 0.5) is 17.3 Å². The molecule has 7 heteroatoms. The molecule has 27 heavy (non-hydrogen) atoms. The molecule has 7 nitrogen and oxygen atoms in total. The van der Waals surface area contributed by atoms with Crippen LogP contribution >= 0.6 is 0 Å². The number of carbonyl (C=O) groups is 1. The largest absolute Gasteiger partial charge is 0.381 e. The van der Waals surface area contributed by atoms with Gasteiger partial charge in [0.05, 0.1) is 29.3 Å². The van der Waals surface area contributed by atoms with Crippen molar-refractivity contribution in [3.05, 3.63) is 35.9 Å². The number of nitrogens with zero attached hydrogens (tertiary/aromatic N) is 4. The van der Waals surface area contributed by atoms with Gasteiger partial charge in [0.1, 0.15) is 11.6 Å². The first-order chi connectivity index (χ1) is 13.0. The van der Waals surface area contributed by atoms with Gasteiger partial charge < -0.3 is 15.5 Å². The van der Waals surface area contributed by atoms with E-state index in [1.165, 1.54) is 12.8 Å². The molecular formula is C20H26N6O. The number of aryl methyl sites for hydroxylation is 1. The number of carbonyl (C=O) groups excluding carboxylic acids is 1. The summed E-state index contributed by atoms with van der Waals surface area (Å²) in [6.07, 6.45) is 9.79. The zero-order valence-electron chi connectivity index (χ0n) is 16.1. The van der Waals surface area contributed by atoms with Crippen molar-refractivity contribution in [3.8, 4) is 0 Å². The Balaban J connectivity index is 1.54. The van der Waals surface area contributed by atoms with Crippen LogP contribution in [0.25, 0.3) is 0 Å². The molecule has 0 aromatic carbocycles. The van der Waals surface area contributed by atoms with Crippen LogP contribution in [0, 0.1) is 6.92 Å². The van der Waals surface area contributed by atoms with Crippen molar-refractivity contribution in [1.82, 2.24) is 19.9 Å². The van der Waals surface area contributed by atoms with E-state index in [0.717, 1.165) is 24.2 Å². The molecule has 0 aliphatic carbocycles. The standard InChI is InChI=1S/C20H26N6O/c1-12-9-22-20(11-21-12)25-19-8-18(17(10-23-19)13(2)27)24-14-6-15-4-5-16(7-14)26(15)3/h8-11,14-16H,4-7H2,1-3H3,(H2,22,23,24,25). The molecule has 2 bridgehead atoms. The highest BCUT2D eigenvalue weighted by Gasteiger charge is 2.38. The van der Waals surface area contributed by atoms with E-state index >= 15 is 0 Å². The number of Topliss-reactive ketones (excluding diaryl/α,β-unsaturated/α-hetero) is 1. The Hall–Kier alpha value is -2.54. The summed E-state index contributed by atoms with van der Waals surface area (Å²) in [5, 5.41) is 6.79. The zero-order valence-corrected chi connectivity index (χ0v) is 16.1. The number of anilines is 3. The minimum Gasteiger partial charge on any atom is -0.381 e. The van der Waals surface area contributed by atoms with Crippen LogP contribution in [-0.4, -0.2) is 50.8 Å². The van der Waals surface area contributed by atoms with Crippen LogP contribution in [0.3, 0.4) is 0 Å². The second-order valence-electron chi connectivity index (χ2n) is 7.70. The average molecular weight is 366 g/mol. The fourth-order valence-corrected chi connectivity index (χ4v) is 4.26. The topological polar surface area (TPSA) is 83.0 Å². The highest BCUT2D eigenvalue weighted by Crippen LogP contribution is 2.36. The molecule has 0 radical (unpaired) electrons. The zero-order chi connectivity index (χ0) is 19.0. The molecule has 4 heterocycles. The summed E-state index contributed by atoms with van der Waals surface area (Å²) >= 11 is 0. The normalized spacial score (nSPS) is 24.6. The number of hydrogen-bond donors (Lipinski definition) is 2. The maximum atomic E-state index is 12.1. The molecule has 4 rings (SSSR count). The Morgan fingerprint density at radius 1 is 1.07 bits per heavy atom. The van der Waals surface area contributed by atoms with Crippen molar-refractivity contribution in [1.29, 1.82) is 0 Å². The van der Waals surface area contributed by atoms with Crippen LogP contribution in [0.5, 0.6) is 0 Å². The van der Waals surface area contributed by atoms with Crippen molar-refractivity contribution in [2.24, 2.45) is 0 Å². The van der Waals surface area contributed by atoms with Gasteiger partial charge in [-0.15, -0.1) is 0 Å². The summed E-state index contributed by atoms with van der Waals surface area (Å²) in [6, 6.07) is 3.57. The lowest BCUT2D eigenvalue weighted by molar-refractivity contribution is 0.101. The van der Waals surface area contributed by atoms with E-state index in [-0.39, 0.29) is 5.78 Å². The second kappa shape index (κ2) is 7.23. The van der Waals surface area contributed by atoms with Gasteiger partial charge in [0.25, 0.3) is 0 Å². The molecule has 2 aromatic heterocycles. The van der Waals surface area contributed by atoms with Gasteiger partial charge in [0.2, 0.25) is 0 Å². The fourth-order valence-electron chi connectivity index (χ4n) is 4.26. The lowest BCUT2D eigenvalue weighted by Crippen LogP contribution is -2.44. The van der Waals surface area contributed by atoms with Gasteiger partial charge in [-0.1, -0.05) is 0 Å². The van der Waals surface area contributed by atoms with Gasteiger partial charge in [-0.2, -0.15) is 0 Å². The number of nitrogens with one attached hydrogen (secondary N) is 2. The predicted molar refractivity (Wildman–Crippen MR) is 106 cm³/mol. The highest BCUT2D eigenvalue weighted by molar-refractivity contribution is 5.99. The summed E-state index contributed by atoms with van der Waals surface area (Å²) in [4.78, 5) is 27.5. The summed E-state index contributed by atoms with van der Waals surface area (Å²) < 4.78 is 0. The van der Waals surface area contributed by atoms with Crippen LogP contribution in [0.15, 0.2) is 24.7 Å². The van der Waals surface area contributed by atoms with Crippen LogP contribution in [-0.2, 0) is 0 Å². The van der Waals surface area contributed by atoms with Crippen molar-refractivity contribution in [3.63, 3.8) is 0 Å². The number of aromatic nitrogens is 3. The molecule has 0 saturated carbocycles. The van der Waals surface area contributed by atoms with Gasteiger partial charge in [-0.25, -0.2) is 9.97 Å². The molecule has 2 aliphatic rings. The number of hydrogen-bond acceptors (Lipinski definition) is 7. The summed E-state index contributed by atoms with van der Waals surface area (Å²) in [5.74, 6) is 1.30. The molecule has 2 aromatic rings. The smallest absolute Gasteiger partial charge is 0.163 e. The first-order valence-corrected chi connectivity index (χ1v) is 9.54. The monoisotopic (exact) mass is 366 g/mol. The fraction of sp³-hybridized carbons (Fsp3) is 0.500. The lowest BCUT2D eigenvalue weighted by atomic mass is 9.97. The van der Waals surface area contributed by atoms with Crippen molar-refractivity contribution in [2.75, 3.05) is 17.7 Å². The van der Waals surface area contributed by atoms with E-state index in [2.05, 4.69) is 37.5 Å². The quantitative estimate of drug-likeness (QED) is 0.787. The predicted octanol–water partition coefficient (Wildman–Crippen LogP) is 3.16. The third-order valence-electron chi connectivity index (χ3n) is 5.78. The molecule has 0 amide bonds. The van der Waals surface area contributed by atoms with Gasteiger partial charge in [-0.05, 0) is 46.6 Å². The third kappa shape index (κ3) is 3.78. The van der Waals surface area contributed by atoms with Crippen molar-refractivity contribution >= 4 is 23.1 Å². The van der Waals surface area contributed by atoms with Crippen molar-refractivity contribution < 1.29 is 4.79 Å². The molecule has 2 atom stereocenters. The second-order valence-corrected chi connectivity index (χ2v) is 7.70. The van der Waals surface area contributed by atoms with Gasteiger partial charge in [0.15, 0.2) is 5.78 Å². The summed E-state index contributed by atoms with van der Waals surface area (Å²) in [7, 11) is 2.23. The SMILES string of the molecule is CC(=O)c1cnc(Nc2cnc(C)cn2)cc1NC1CC2CCC(C1)N2C. The van der Waals surface area contributed by atoms with Gasteiger partial charge >= 0.3 is 0 Å². The Morgan fingerprint density at radius 2 is 1.78 bits per heavy atom. The maximum absolute atomic E-state index is 12.1. The Kier molecular flexibility index (Phi) is 4.78. The van der Waals surface area contributed by atoms with E-state index in [1.54, 1.807) is 25.5 Å². The molecule has 2 saturated heterocycles. The van der Waals surface area contributed by atoms with E-state index in [1.807, 2.05) is 13.0 Å². The molecule has 2 unspecified atom stereocenters. The molecular weight excluding hydrogens is 340 g/mol. The van der Waals surface area contributed by atoms with Crippen molar-refractivity contribution in [2.45, 2.75) is 57.7 Å². The highest BCUT2D eigenvalue weighted by atomic mass is 16.1. The molecule has 2 fully saturated rings. The van der Waals surface area contributed by atoms with E-state index < -0.39 is 0 Å². The van der Waals surface area contributed by atoms with E-state index in [0.29, 0.717) is 35.3 Å². The minimum atomic E-state index is 0.0163. The number of pyridine rings is 1. The number of ketones is 1. The minimum absolute atomic E-state index is 0.0163. The Bertz CT molecular complexity index is 823. The van der Waals surface area contributed by atoms with E-state index in [9.17, 15) is 4.79 Å². The number of piperidine rings is 1. The summed E-state index contributed by atoms with van der Waals surface area (Å²) in [5.41, 5.74) is 2.33. The Labute approximate surface area is 159 Å². The van der Waals surface area contributed by atoms with Gasteiger partial charge in [-0.3, -0.25) is 9.78 Å². The van der Waals surface area contributed by atoms with Crippen LogP contribution in [0.1, 0.15) is 48.7 Å². The Morgan fingerprint density at radius 3 is 2.41 bits per heavy atom. The first kappa shape index (κ1) is 17.9. The van der Waals surface area contributed by atoms with Gasteiger partial charge in [0, 0.05) is 30.4 Å². The third-order valence-corrected chi connectivity index (χ3v) is 5.78. The number of rotatable bonds is 5. The molecule has 142 valence electrons. The maximum Gasteiger partial charge on any atom is 0.163 e. The number of fused-ring (bicyclic) bond motifs is 2. The van der Waals surface area contributed by atoms with Crippen LogP contribution in [0.2, 0.25) is 0 Å². The van der Waals surface area contributed by atoms with Crippen LogP contribution < -0.4 is 10.6 Å². The lowest BCUT2D eigenvalue weighted by Gasteiger charge is -2.37. The average Bonchev–Trinajstić information content (AvgIpc) is 2.85. The summed E-state index contributed by atoms with van der Waals surface area (Å²) in [6.45, 7) is 3.48. The first-order valence-electron chi connectivity index (χ1n) is 9.54. The van der Waals surface area contributed by atoms with E-state index in [4.69, 9.17) is 0 Å².